The molecule has 41 heavy (non-hydrogen) atoms. The van der Waals surface area contributed by atoms with Crippen LogP contribution in [0.5, 0.6) is 0 Å². The molecule has 0 fully saturated rings. The summed E-state index contributed by atoms with van der Waals surface area (Å²) in [5.74, 6) is -2.60. The zero-order valence-corrected chi connectivity index (χ0v) is 24.2. The van der Waals surface area contributed by atoms with E-state index in [1.54, 1.807) is 39.1 Å². The fraction of sp³-hybridized carbons (Fsp3) is 0.357. The summed E-state index contributed by atoms with van der Waals surface area (Å²) in [7, 11) is -3.69. The Hall–Kier alpha value is -4.23. The maximum Gasteiger partial charge on any atom is 0.408 e. The summed E-state index contributed by atoms with van der Waals surface area (Å²) >= 11 is 0. The molecule has 3 rings (SSSR count). The highest BCUT2D eigenvalue weighted by Gasteiger charge is 2.24. The molecule has 13 heteroatoms. The van der Waals surface area contributed by atoms with E-state index in [9.17, 15) is 22.8 Å². The molecule has 0 spiro atoms. The number of hydrogen-bond acceptors (Lipinski definition) is 9. The predicted molar refractivity (Wildman–Crippen MR) is 151 cm³/mol. The van der Waals surface area contributed by atoms with Crippen molar-refractivity contribution in [2.24, 2.45) is 5.73 Å². The lowest BCUT2D eigenvalue weighted by Gasteiger charge is -2.22. The molecule has 0 saturated heterocycles. The summed E-state index contributed by atoms with van der Waals surface area (Å²) in [6, 6.07) is 13.5. The first-order valence-corrected chi connectivity index (χ1v) is 14.3. The Morgan fingerprint density at radius 3 is 2.22 bits per heavy atom. The van der Waals surface area contributed by atoms with Gasteiger partial charge in [0.05, 0.1) is 16.9 Å². The van der Waals surface area contributed by atoms with Crippen LogP contribution >= 0.6 is 0 Å². The van der Waals surface area contributed by atoms with Gasteiger partial charge in [0.25, 0.3) is 0 Å². The van der Waals surface area contributed by atoms with E-state index in [1.165, 1.54) is 18.5 Å². The molecule has 5 N–H and O–H groups in total. The molecule has 222 valence electrons. The van der Waals surface area contributed by atoms with Crippen molar-refractivity contribution in [2.45, 2.75) is 63.1 Å². The minimum atomic E-state index is -3.69. The van der Waals surface area contributed by atoms with Crippen LogP contribution in [0.15, 0.2) is 72.0 Å². The van der Waals surface area contributed by atoms with Crippen molar-refractivity contribution in [3.05, 3.63) is 83.9 Å². The zero-order chi connectivity index (χ0) is 30.6. The van der Waals surface area contributed by atoms with Gasteiger partial charge in [-0.05, 0) is 45.4 Å². The number of aromatic nitrogens is 2. The molecule has 0 bridgehead atoms. The summed E-state index contributed by atoms with van der Waals surface area (Å²) in [4.78, 5) is 41.2. The highest BCUT2D eigenvalue weighted by molar-refractivity contribution is 7.91. The summed E-state index contributed by atoms with van der Waals surface area (Å²) in [5, 5.41) is 11.5. The molecule has 12 nitrogen and oxygen atoms in total. The van der Waals surface area contributed by atoms with Gasteiger partial charge < -0.3 is 30.6 Å². The molecule has 1 amide bonds. The van der Waals surface area contributed by atoms with Crippen molar-refractivity contribution < 1.29 is 37.4 Å². The molecular formula is C28H36N4O8S. The first-order valence-electron chi connectivity index (χ1n) is 12.6. The number of amides is 1. The number of benzene rings is 2. The van der Waals surface area contributed by atoms with Gasteiger partial charge in [-0.1, -0.05) is 48.0 Å². The van der Waals surface area contributed by atoms with Crippen molar-refractivity contribution in [3.8, 4) is 0 Å². The van der Waals surface area contributed by atoms with Gasteiger partial charge >= 0.3 is 18.0 Å². The van der Waals surface area contributed by atoms with E-state index in [2.05, 4.69) is 15.3 Å². The second kappa shape index (κ2) is 15.0. The number of aryl methyl sites for hydroxylation is 1. The van der Waals surface area contributed by atoms with Gasteiger partial charge in [-0.2, -0.15) is 0 Å². The average Bonchev–Trinajstić information content (AvgIpc) is 3.40. The third-order valence-electron chi connectivity index (χ3n) is 5.29. The summed E-state index contributed by atoms with van der Waals surface area (Å²) < 4.78 is 34.0. The van der Waals surface area contributed by atoms with Crippen molar-refractivity contribution in [1.29, 1.82) is 0 Å². The number of hydrogen-bond donors (Lipinski definition) is 4. The number of nitrogens with two attached hydrogens (primary N) is 1. The Morgan fingerprint density at radius 2 is 1.68 bits per heavy atom. The second-order valence-corrected chi connectivity index (χ2v) is 12.0. The van der Waals surface area contributed by atoms with E-state index in [4.69, 9.17) is 20.3 Å². The number of ether oxygens (including phenoxy) is 2. The molecule has 3 aromatic rings. The van der Waals surface area contributed by atoms with E-state index >= 15 is 0 Å². The average molecular weight is 589 g/mol. The van der Waals surface area contributed by atoms with Crippen molar-refractivity contribution in [2.75, 3.05) is 5.94 Å². The summed E-state index contributed by atoms with van der Waals surface area (Å²) in [6.07, 6.45) is 2.74. The van der Waals surface area contributed by atoms with Gasteiger partial charge in [0.1, 0.15) is 17.7 Å². The fourth-order valence-electron chi connectivity index (χ4n) is 3.27. The highest BCUT2D eigenvalue weighted by atomic mass is 32.2. The molecule has 0 aliphatic carbocycles. The van der Waals surface area contributed by atoms with Crippen LogP contribution < -0.4 is 11.1 Å². The molecule has 0 saturated carbocycles. The minimum absolute atomic E-state index is 0.103. The Balaban J connectivity index is 0.000000290. The number of H-pyrrole nitrogens is 1. The third-order valence-corrected chi connectivity index (χ3v) is 6.71. The summed E-state index contributed by atoms with van der Waals surface area (Å²) in [5.41, 5.74) is 7.40. The van der Waals surface area contributed by atoms with Crippen LogP contribution in [0.2, 0.25) is 0 Å². The van der Waals surface area contributed by atoms with E-state index in [1.807, 2.05) is 37.3 Å². The molecular weight excluding hydrogens is 552 g/mol. The second-order valence-electron chi connectivity index (χ2n) is 10.1. The Morgan fingerprint density at radius 1 is 1.05 bits per heavy atom. The lowest BCUT2D eigenvalue weighted by molar-refractivity contribution is -0.143. The van der Waals surface area contributed by atoms with Crippen molar-refractivity contribution >= 4 is 27.9 Å². The molecule has 2 aromatic carbocycles. The fourth-order valence-corrected chi connectivity index (χ4v) is 4.23. The number of aliphatic carboxylic acids is 1. The number of carbonyl (C=O) groups is 3. The third kappa shape index (κ3) is 12.2. The lowest BCUT2D eigenvalue weighted by Crippen LogP contribution is -2.44. The monoisotopic (exact) mass is 588 g/mol. The quantitative estimate of drug-likeness (QED) is 0.256. The highest BCUT2D eigenvalue weighted by Crippen LogP contribution is 2.13. The van der Waals surface area contributed by atoms with Crippen LogP contribution in [0.1, 0.15) is 37.6 Å². The van der Waals surface area contributed by atoms with Gasteiger partial charge in [-0.3, -0.25) is 4.79 Å². The standard InChI is InChI=1S/C14H17N3O4S.C14H19NO4/c1-10-2-4-12(5-3-10)22(19,20)9-21-14(18)13(15)6-11-7-16-8-17-11;1-14(2,3)19-13(18)15-11(12(16)17)9-10-7-5-4-6-8-10/h2-5,7-8,13H,6,9,15H2,1H3,(H,16,17);4-8,11H,9H2,1-3H3,(H,15,18)(H,16,17)/t13-;11-/m00/s1. The number of rotatable bonds is 10. The lowest BCUT2D eigenvalue weighted by atomic mass is 10.1. The van der Waals surface area contributed by atoms with Crippen molar-refractivity contribution in [1.82, 2.24) is 15.3 Å². The smallest absolute Gasteiger partial charge is 0.408 e. The molecule has 0 aliphatic heterocycles. The zero-order valence-electron chi connectivity index (χ0n) is 23.4. The van der Waals surface area contributed by atoms with E-state index in [-0.39, 0.29) is 17.7 Å². The van der Waals surface area contributed by atoms with Crippen LogP contribution in [0.25, 0.3) is 0 Å². The van der Waals surface area contributed by atoms with Gasteiger partial charge in [0, 0.05) is 19.0 Å². The molecule has 1 heterocycles. The van der Waals surface area contributed by atoms with Crippen LogP contribution in [-0.4, -0.2) is 65.1 Å². The Bertz CT molecular complexity index is 1370. The number of nitrogens with zero attached hydrogens (tertiary/aromatic N) is 1. The van der Waals surface area contributed by atoms with Gasteiger partial charge in [-0.15, -0.1) is 0 Å². The van der Waals surface area contributed by atoms with Crippen molar-refractivity contribution in [3.63, 3.8) is 0 Å². The Kier molecular flexibility index (Phi) is 12.0. The topological polar surface area (TPSA) is 191 Å². The largest absolute Gasteiger partial charge is 0.480 e. The number of aromatic amines is 1. The van der Waals surface area contributed by atoms with Crippen LogP contribution in [0.3, 0.4) is 0 Å². The first-order chi connectivity index (χ1) is 19.2. The van der Waals surface area contributed by atoms with Gasteiger partial charge in [-0.25, -0.2) is 23.0 Å². The number of carboxylic acids is 1. The predicted octanol–water partition coefficient (Wildman–Crippen LogP) is 2.77. The number of esters is 1. The number of alkyl carbamates (subject to hydrolysis) is 1. The number of sulfone groups is 1. The first kappa shape index (κ1) is 33.0. The summed E-state index contributed by atoms with van der Waals surface area (Å²) in [6.45, 7) is 7.02. The Labute approximate surface area is 239 Å². The SMILES string of the molecule is CC(C)(C)OC(=O)N[C@@H](Cc1ccccc1)C(=O)O.Cc1ccc(S(=O)(=O)COC(=O)[C@@H](N)Cc2c[nH]cn2)cc1. The maximum atomic E-state index is 12.1. The van der Waals surface area contributed by atoms with E-state index in [0.717, 1.165) is 11.1 Å². The number of carbonyl (C=O) groups excluding carboxylic acids is 2. The maximum absolute atomic E-state index is 12.1. The number of nitrogens with one attached hydrogen (secondary N) is 2. The molecule has 0 aliphatic rings. The van der Waals surface area contributed by atoms with Gasteiger partial charge in [0.2, 0.25) is 9.84 Å². The van der Waals surface area contributed by atoms with Crippen LogP contribution in [0.4, 0.5) is 4.79 Å². The van der Waals surface area contributed by atoms with E-state index < -0.39 is 51.5 Å². The minimum Gasteiger partial charge on any atom is -0.480 e. The molecule has 0 unspecified atom stereocenters. The molecule has 2 atom stereocenters. The van der Waals surface area contributed by atoms with Gasteiger partial charge in [0.15, 0.2) is 5.94 Å². The number of carboxylic acid groups (broad SMARTS) is 1. The molecule has 0 radical (unpaired) electrons. The van der Waals surface area contributed by atoms with Crippen LogP contribution in [-0.2, 0) is 41.7 Å². The molecule has 1 aromatic heterocycles. The number of imidazole rings is 1. The van der Waals surface area contributed by atoms with E-state index in [0.29, 0.717) is 5.69 Å². The van der Waals surface area contributed by atoms with Crippen LogP contribution in [0, 0.1) is 6.92 Å². The normalized spacial score (nSPS) is 12.7.